The molecule has 38 heavy (non-hydrogen) atoms. The number of hydrogen-bond acceptors (Lipinski definition) is 7. The number of ether oxygens (including phenoxy) is 1. The molecule has 6 rings (SSSR count). The third kappa shape index (κ3) is 3.82. The van der Waals surface area contributed by atoms with Crippen LogP contribution in [0.25, 0.3) is 0 Å². The molecule has 1 aromatic heterocycles. The van der Waals surface area contributed by atoms with Gasteiger partial charge in [-0.25, -0.2) is 9.78 Å². The molecule has 0 bridgehead atoms. The van der Waals surface area contributed by atoms with Crippen molar-refractivity contribution in [3.8, 4) is 0 Å². The summed E-state index contributed by atoms with van der Waals surface area (Å²) in [6, 6.07) is 18.5. The molecule has 1 saturated heterocycles. The average Bonchev–Trinajstić information content (AvgIpc) is 3.19. The predicted molar refractivity (Wildman–Crippen MR) is 148 cm³/mol. The summed E-state index contributed by atoms with van der Waals surface area (Å²) in [4.78, 5) is 35.7. The maximum atomic E-state index is 14.4. The Morgan fingerprint density at radius 1 is 1.13 bits per heavy atom. The Hall–Kier alpha value is -3.91. The van der Waals surface area contributed by atoms with Gasteiger partial charge in [-0.05, 0) is 74.4 Å². The minimum absolute atomic E-state index is 0.0719. The first-order valence-corrected chi connectivity index (χ1v) is 13.2. The van der Waals surface area contributed by atoms with Crippen LogP contribution in [0.3, 0.4) is 0 Å². The second-order valence-electron chi connectivity index (χ2n) is 9.83. The van der Waals surface area contributed by atoms with E-state index in [1.54, 1.807) is 37.4 Å². The summed E-state index contributed by atoms with van der Waals surface area (Å²) in [6.07, 6.45) is 2.32. The van der Waals surface area contributed by atoms with Crippen molar-refractivity contribution in [3.05, 3.63) is 83.0 Å². The molecule has 3 aromatic rings. The Labute approximate surface area is 226 Å². The number of anilines is 3. The third-order valence-electron chi connectivity index (χ3n) is 7.84. The highest BCUT2D eigenvalue weighted by Crippen LogP contribution is 2.49. The molecule has 9 heteroatoms. The lowest BCUT2D eigenvalue weighted by Gasteiger charge is -2.53. The molecule has 8 nitrogen and oxygen atoms in total. The minimum Gasteiger partial charge on any atom is -0.462 e. The zero-order valence-electron chi connectivity index (χ0n) is 21.3. The van der Waals surface area contributed by atoms with Crippen molar-refractivity contribution in [1.82, 2.24) is 4.98 Å². The number of hydrazone groups is 1. The Kier molecular flexibility index (Phi) is 6.07. The Morgan fingerprint density at radius 3 is 2.68 bits per heavy atom. The lowest BCUT2D eigenvalue weighted by molar-refractivity contribution is -0.125. The summed E-state index contributed by atoms with van der Waals surface area (Å²) in [6.45, 7) is 6.15. The van der Waals surface area contributed by atoms with Crippen molar-refractivity contribution >= 4 is 46.4 Å². The van der Waals surface area contributed by atoms with Gasteiger partial charge in [0, 0.05) is 36.5 Å². The van der Waals surface area contributed by atoms with Gasteiger partial charge in [0.2, 0.25) is 0 Å². The standard InChI is InChI=1S/C29H28ClN5O3/c1-3-38-27(36)20-8-11-23(12-9-20)35-28(37)29(19(2)32-35)17-21-7-10-22(30)16-24(21)34-15-14-33(18-25(29)34)26-6-4-5-13-31-26/h4-13,16,25H,3,14-15,17-18H2,1-2H3/t25-,29-/m1/s1. The zero-order valence-corrected chi connectivity index (χ0v) is 22.1. The Morgan fingerprint density at radius 2 is 1.95 bits per heavy atom. The van der Waals surface area contributed by atoms with Crippen LogP contribution in [-0.2, 0) is 16.0 Å². The molecule has 0 unspecified atom stereocenters. The van der Waals surface area contributed by atoms with E-state index in [-0.39, 0.29) is 11.9 Å². The van der Waals surface area contributed by atoms with Crippen molar-refractivity contribution in [2.75, 3.05) is 41.0 Å². The number of amides is 1. The fraction of sp³-hybridized carbons (Fsp3) is 0.310. The van der Waals surface area contributed by atoms with Crippen molar-refractivity contribution in [1.29, 1.82) is 0 Å². The number of hydrogen-bond donors (Lipinski definition) is 0. The molecular formula is C29H28ClN5O3. The van der Waals surface area contributed by atoms with E-state index in [1.165, 1.54) is 5.01 Å². The first-order valence-electron chi connectivity index (χ1n) is 12.8. The van der Waals surface area contributed by atoms with Crippen LogP contribution in [0.4, 0.5) is 17.2 Å². The van der Waals surface area contributed by atoms with Crippen LogP contribution >= 0.6 is 11.6 Å². The van der Waals surface area contributed by atoms with E-state index in [0.717, 1.165) is 35.9 Å². The molecular weight excluding hydrogens is 502 g/mol. The molecule has 4 heterocycles. The number of rotatable bonds is 4. The van der Waals surface area contributed by atoms with Gasteiger partial charge in [0.25, 0.3) is 5.91 Å². The quantitative estimate of drug-likeness (QED) is 0.461. The van der Waals surface area contributed by atoms with Crippen LogP contribution in [0, 0.1) is 5.41 Å². The lowest BCUT2D eigenvalue weighted by Crippen LogP contribution is -2.67. The number of pyridine rings is 1. The van der Waals surface area contributed by atoms with E-state index < -0.39 is 11.4 Å². The molecule has 0 saturated carbocycles. The van der Waals surface area contributed by atoms with Crippen LogP contribution in [0.15, 0.2) is 72.0 Å². The van der Waals surface area contributed by atoms with E-state index >= 15 is 0 Å². The van der Waals surface area contributed by atoms with Gasteiger partial charge in [-0.2, -0.15) is 10.1 Å². The van der Waals surface area contributed by atoms with Gasteiger partial charge >= 0.3 is 5.97 Å². The fourth-order valence-electron chi connectivity index (χ4n) is 5.96. The normalized spacial score (nSPS) is 22.3. The highest BCUT2D eigenvalue weighted by molar-refractivity contribution is 6.31. The summed E-state index contributed by atoms with van der Waals surface area (Å²) in [5.74, 6) is 0.431. The Bertz CT molecular complexity index is 1430. The zero-order chi connectivity index (χ0) is 26.4. The molecule has 0 radical (unpaired) electrons. The van der Waals surface area contributed by atoms with Crippen LogP contribution < -0.4 is 14.8 Å². The first kappa shape index (κ1) is 24.4. The van der Waals surface area contributed by atoms with Gasteiger partial charge in [-0.1, -0.05) is 23.7 Å². The monoisotopic (exact) mass is 529 g/mol. The number of esters is 1. The first-order chi connectivity index (χ1) is 18.4. The number of carbonyl (C=O) groups is 2. The molecule has 0 aliphatic carbocycles. The molecule has 2 atom stereocenters. The minimum atomic E-state index is -0.853. The molecule has 194 valence electrons. The van der Waals surface area contributed by atoms with Gasteiger partial charge in [0.1, 0.15) is 11.2 Å². The fourth-order valence-corrected chi connectivity index (χ4v) is 6.12. The molecule has 3 aliphatic heterocycles. The maximum Gasteiger partial charge on any atom is 0.338 e. The highest BCUT2D eigenvalue weighted by atomic mass is 35.5. The molecule has 1 amide bonds. The predicted octanol–water partition coefficient (Wildman–Crippen LogP) is 4.57. The number of benzene rings is 2. The topological polar surface area (TPSA) is 78.3 Å². The van der Waals surface area contributed by atoms with Crippen molar-refractivity contribution < 1.29 is 14.3 Å². The molecule has 1 spiro atoms. The number of halogens is 1. The van der Waals surface area contributed by atoms with E-state index in [4.69, 9.17) is 21.4 Å². The van der Waals surface area contributed by atoms with Gasteiger partial charge in [-0.3, -0.25) is 4.79 Å². The molecule has 2 aromatic carbocycles. The van der Waals surface area contributed by atoms with Crippen LogP contribution in [0.5, 0.6) is 0 Å². The molecule has 0 N–H and O–H groups in total. The van der Waals surface area contributed by atoms with E-state index in [1.807, 2.05) is 43.3 Å². The second kappa shape index (κ2) is 9.44. The van der Waals surface area contributed by atoms with Crippen LogP contribution in [0.2, 0.25) is 5.02 Å². The SMILES string of the molecule is CCOC(=O)c1ccc(N2N=C(C)[C@@]3(Cc4ccc(Cl)cc4N4CCN(c5ccccn5)C[C@@H]43)C2=O)cc1. The van der Waals surface area contributed by atoms with Crippen molar-refractivity contribution in [3.63, 3.8) is 0 Å². The number of nitrogens with zero attached hydrogens (tertiary/aromatic N) is 5. The van der Waals surface area contributed by atoms with Gasteiger partial charge in [0.05, 0.1) is 29.6 Å². The van der Waals surface area contributed by atoms with Crippen LogP contribution in [-0.4, -0.2) is 54.9 Å². The Balaban J connectivity index is 1.39. The molecule has 1 fully saturated rings. The van der Waals surface area contributed by atoms with E-state index in [9.17, 15) is 9.59 Å². The number of fused-ring (bicyclic) bond motifs is 4. The highest BCUT2D eigenvalue weighted by Gasteiger charge is 2.60. The second-order valence-corrected chi connectivity index (χ2v) is 10.3. The van der Waals surface area contributed by atoms with Crippen LogP contribution in [0.1, 0.15) is 29.8 Å². The average molecular weight is 530 g/mol. The third-order valence-corrected chi connectivity index (χ3v) is 8.08. The lowest BCUT2D eigenvalue weighted by atomic mass is 9.67. The van der Waals surface area contributed by atoms with Gasteiger partial charge in [-0.15, -0.1) is 0 Å². The van der Waals surface area contributed by atoms with Crippen molar-refractivity contribution in [2.24, 2.45) is 10.5 Å². The number of aromatic nitrogens is 1. The van der Waals surface area contributed by atoms with E-state index in [2.05, 4.69) is 14.8 Å². The summed E-state index contributed by atoms with van der Waals surface area (Å²) < 4.78 is 5.10. The number of piperazine rings is 1. The largest absolute Gasteiger partial charge is 0.462 e. The maximum absolute atomic E-state index is 14.4. The summed E-state index contributed by atoms with van der Waals surface area (Å²) in [5, 5.41) is 6.97. The number of carbonyl (C=O) groups excluding carboxylic acids is 2. The van der Waals surface area contributed by atoms with Crippen molar-refractivity contribution in [2.45, 2.75) is 26.3 Å². The van der Waals surface area contributed by atoms with Gasteiger partial charge < -0.3 is 14.5 Å². The van der Waals surface area contributed by atoms with Gasteiger partial charge in [0.15, 0.2) is 0 Å². The smallest absolute Gasteiger partial charge is 0.338 e. The summed E-state index contributed by atoms with van der Waals surface area (Å²) in [7, 11) is 0. The summed E-state index contributed by atoms with van der Waals surface area (Å²) >= 11 is 6.42. The summed E-state index contributed by atoms with van der Waals surface area (Å²) in [5.41, 5.74) is 3.13. The molecule has 3 aliphatic rings. The van der Waals surface area contributed by atoms with E-state index in [0.29, 0.717) is 35.8 Å².